The molecule has 6 heteroatoms. The molecule has 0 fully saturated rings. The highest BCUT2D eigenvalue weighted by Crippen LogP contribution is 2.52. The number of aromatic nitrogens is 5. The summed E-state index contributed by atoms with van der Waals surface area (Å²) < 4.78 is 5.98. The highest BCUT2D eigenvalue weighted by atomic mass is 32.1. The molecule has 0 radical (unpaired) electrons. The number of para-hydroxylation sites is 4. The van der Waals surface area contributed by atoms with Gasteiger partial charge in [-0.2, -0.15) is 0 Å². The van der Waals surface area contributed by atoms with E-state index in [4.69, 9.17) is 15.0 Å². The lowest BCUT2D eigenvalue weighted by molar-refractivity contribution is 0.660. The quantitative estimate of drug-likeness (QED) is 0.174. The molecular formula is C56H37N5S. The van der Waals surface area contributed by atoms with Gasteiger partial charge in [0.15, 0.2) is 17.5 Å². The minimum Gasteiger partial charge on any atom is -0.309 e. The molecule has 0 aliphatic heterocycles. The van der Waals surface area contributed by atoms with Gasteiger partial charge >= 0.3 is 0 Å². The summed E-state index contributed by atoms with van der Waals surface area (Å²) in [6, 6.07) is 67.7. The lowest BCUT2D eigenvalue weighted by Crippen LogP contribution is -2.14. The molecule has 0 spiro atoms. The van der Waals surface area contributed by atoms with Crippen molar-refractivity contribution in [1.29, 1.82) is 0 Å². The smallest absolute Gasteiger partial charge is 0.174 e. The van der Waals surface area contributed by atoms with Crippen LogP contribution in [0.3, 0.4) is 0 Å². The van der Waals surface area contributed by atoms with Crippen molar-refractivity contribution in [3.8, 4) is 56.0 Å². The molecule has 12 aromatic rings. The minimum absolute atomic E-state index is 0.167. The van der Waals surface area contributed by atoms with Crippen LogP contribution in [0.15, 0.2) is 188 Å². The van der Waals surface area contributed by atoms with Gasteiger partial charge in [0.1, 0.15) is 0 Å². The molecule has 0 saturated carbocycles. The van der Waals surface area contributed by atoms with Crippen molar-refractivity contribution < 1.29 is 0 Å². The Morgan fingerprint density at radius 2 is 0.903 bits per heavy atom. The largest absolute Gasteiger partial charge is 0.309 e. The van der Waals surface area contributed by atoms with Gasteiger partial charge in [0.2, 0.25) is 0 Å². The molecule has 62 heavy (non-hydrogen) atoms. The van der Waals surface area contributed by atoms with Crippen LogP contribution in [0.2, 0.25) is 0 Å². The van der Waals surface area contributed by atoms with Crippen LogP contribution >= 0.6 is 11.3 Å². The predicted molar refractivity (Wildman–Crippen MR) is 258 cm³/mol. The van der Waals surface area contributed by atoms with Crippen LogP contribution in [-0.4, -0.2) is 24.1 Å². The molecule has 0 bridgehead atoms. The summed E-state index contributed by atoms with van der Waals surface area (Å²) in [6.45, 7) is 4.64. The van der Waals surface area contributed by atoms with Crippen molar-refractivity contribution in [2.75, 3.05) is 0 Å². The fourth-order valence-corrected chi connectivity index (χ4v) is 11.1. The van der Waals surface area contributed by atoms with Crippen LogP contribution in [0, 0.1) is 0 Å². The highest BCUT2D eigenvalue weighted by Gasteiger charge is 2.37. The zero-order valence-electron chi connectivity index (χ0n) is 34.0. The van der Waals surface area contributed by atoms with Gasteiger partial charge in [-0.25, -0.2) is 15.0 Å². The van der Waals surface area contributed by atoms with Crippen molar-refractivity contribution in [2.45, 2.75) is 19.3 Å². The first kappa shape index (κ1) is 35.1. The molecule has 13 rings (SSSR count). The molecule has 292 valence electrons. The Labute approximate surface area is 361 Å². The Morgan fingerprint density at radius 3 is 1.52 bits per heavy atom. The van der Waals surface area contributed by atoms with E-state index in [1.807, 2.05) is 0 Å². The number of benzene rings is 8. The Kier molecular flexibility index (Phi) is 7.46. The molecule has 5 nitrogen and oxygen atoms in total. The molecule has 4 heterocycles. The molecular weight excluding hydrogens is 775 g/mol. The molecule has 8 aromatic carbocycles. The van der Waals surface area contributed by atoms with Crippen molar-refractivity contribution in [3.05, 3.63) is 199 Å². The van der Waals surface area contributed by atoms with Gasteiger partial charge in [-0.3, -0.25) is 0 Å². The summed E-state index contributed by atoms with van der Waals surface area (Å²) >= 11 is 1.72. The van der Waals surface area contributed by atoms with Crippen LogP contribution in [0.1, 0.15) is 25.0 Å². The van der Waals surface area contributed by atoms with Crippen molar-refractivity contribution in [3.63, 3.8) is 0 Å². The van der Waals surface area contributed by atoms with E-state index in [1.165, 1.54) is 53.9 Å². The second-order valence-electron chi connectivity index (χ2n) is 16.8. The SMILES string of the molecule is CC1(C)c2ccccc2-c2c(-c3nc(-c4cc(-n5c6ccccc6c6ccccc65)cc(-n5c6ccccc6c6ccccc65)c4)nc(-c4cc5ccccc5s4)n3)cccc21. The summed E-state index contributed by atoms with van der Waals surface area (Å²) in [5, 5.41) is 6.02. The Morgan fingerprint density at radius 1 is 0.419 bits per heavy atom. The average Bonchev–Trinajstić information content (AvgIpc) is 4.06. The van der Waals surface area contributed by atoms with Gasteiger partial charge in [-0.15, -0.1) is 11.3 Å². The maximum absolute atomic E-state index is 5.51. The first-order valence-electron chi connectivity index (χ1n) is 21.1. The monoisotopic (exact) mass is 811 g/mol. The fourth-order valence-electron chi connectivity index (χ4n) is 10.2. The van der Waals surface area contributed by atoms with E-state index in [0.717, 1.165) is 49.4 Å². The number of nitrogens with zero attached hydrogens (tertiary/aromatic N) is 5. The number of rotatable bonds is 5. The topological polar surface area (TPSA) is 48.5 Å². The van der Waals surface area contributed by atoms with Gasteiger partial charge in [0.25, 0.3) is 0 Å². The Bertz CT molecular complexity index is 3540. The van der Waals surface area contributed by atoms with Gasteiger partial charge in [-0.05, 0) is 82.2 Å². The van der Waals surface area contributed by atoms with E-state index in [0.29, 0.717) is 17.5 Å². The van der Waals surface area contributed by atoms with Crippen LogP contribution in [0.25, 0.3) is 110 Å². The van der Waals surface area contributed by atoms with Crippen molar-refractivity contribution in [1.82, 2.24) is 24.1 Å². The fraction of sp³-hybridized carbons (Fsp3) is 0.0536. The van der Waals surface area contributed by atoms with Gasteiger partial charge < -0.3 is 9.13 Å². The van der Waals surface area contributed by atoms with Crippen LogP contribution in [0.5, 0.6) is 0 Å². The van der Waals surface area contributed by atoms with Gasteiger partial charge in [-0.1, -0.05) is 147 Å². The lowest BCUT2D eigenvalue weighted by Gasteiger charge is -2.21. The average molecular weight is 812 g/mol. The molecule has 1 aliphatic carbocycles. The van der Waals surface area contributed by atoms with Crippen LogP contribution in [0.4, 0.5) is 0 Å². The van der Waals surface area contributed by atoms with Crippen LogP contribution < -0.4 is 0 Å². The minimum atomic E-state index is -0.167. The molecule has 4 aromatic heterocycles. The zero-order valence-corrected chi connectivity index (χ0v) is 34.9. The first-order chi connectivity index (χ1) is 30.5. The molecule has 0 N–H and O–H groups in total. The zero-order chi connectivity index (χ0) is 41.1. The maximum atomic E-state index is 5.51. The van der Waals surface area contributed by atoms with Crippen molar-refractivity contribution >= 4 is 65.0 Å². The van der Waals surface area contributed by atoms with E-state index < -0.39 is 0 Å². The van der Waals surface area contributed by atoms with E-state index in [2.05, 4.69) is 211 Å². The number of hydrogen-bond donors (Lipinski definition) is 0. The molecule has 1 aliphatic rings. The second kappa shape index (κ2) is 13.2. The molecule has 0 saturated heterocycles. The Hall–Kier alpha value is -7.67. The van der Waals surface area contributed by atoms with E-state index in [1.54, 1.807) is 11.3 Å². The molecule has 0 amide bonds. The third kappa shape index (κ3) is 5.11. The number of thiophene rings is 1. The number of hydrogen-bond acceptors (Lipinski definition) is 4. The van der Waals surface area contributed by atoms with E-state index >= 15 is 0 Å². The first-order valence-corrected chi connectivity index (χ1v) is 21.9. The Balaban J connectivity index is 1.13. The normalized spacial score (nSPS) is 13.1. The van der Waals surface area contributed by atoms with E-state index in [-0.39, 0.29) is 5.41 Å². The highest BCUT2D eigenvalue weighted by molar-refractivity contribution is 7.22. The van der Waals surface area contributed by atoms with Crippen LogP contribution in [-0.2, 0) is 5.41 Å². The summed E-state index contributed by atoms with van der Waals surface area (Å²) in [7, 11) is 0. The van der Waals surface area contributed by atoms with Crippen molar-refractivity contribution in [2.24, 2.45) is 0 Å². The lowest BCUT2D eigenvalue weighted by atomic mass is 9.82. The second-order valence-corrected chi connectivity index (χ2v) is 17.9. The van der Waals surface area contributed by atoms with Gasteiger partial charge in [0, 0.05) is 54.2 Å². The summed E-state index contributed by atoms with van der Waals surface area (Å²) in [6.07, 6.45) is 0. The number of fused-ring (bicyclic) bond motifs is 10. The third-order valence-corrected chi connectivity index (χ3v) is 14.1. The standard InChI is InChI=1S/C56H37N5S/c1-56(2)44-23-9-4-21-42(44)52-43(22-15-24-45(52)56)54-57-53(58-55(59-54)51-32-34-16-3-14-29-50(34)62-51)35-30-36(60-46-25-10-5-17-38(46)39-18-6-11-26-47(39)60)33-37(31-35)61-48-27-12-7-19-40(48)41-20-8-13-28-49(41)61/h3-33H,1-2H3. The van der Waals surface area contributed by atoms with E-state index in [9.17, 15) is 0 Å². The molecule has 0 unspecified atom stereocenters. The molecule has 0 atom stereocenters. The summed E-state index contributed by atoms with van der Waals surface area (Å²) in [4.78, 5) is 17.3. The summed E-state index contributed by atoms with van der Waals surface area (Å²) in [5.74, 6) is 1.94. The summed E-state index contributed by atoms with van der Waals surface area (Å²) in [5.41, 5.74) is 13.4. The third-order valence-electron chi connectivity index (χ3n) is 13.0. The van der Waals surface area contributed by atoms with Gasteiger partial charge in [0.05, 0.1) is 26.9 Å². The maximum Gasteiger partial charge on any atom is 0.174 e. The predicted octanol–water partition coefficient (Wildman–Crippen LogP) is 14.6.